The molecule has 2 heterocycles. The molecular formula is C17H24N2O5S. The van der Waals surface area contributed by atoms with Crippen molar-refractivity contribution < 1.29 is 24.2 Å². The molecule has 0 aromatic carbocycles. The maximum Gasteiger partial charge on any atom is 0.328 e. The van der Waals surface area contributed by atoms with Gasteiger partial charge < -0.3 is 20.1 Å². The van der Waals surface area contributed by atoms with E-state index in [4.69, 9.17) is 4.74 Å². The second kappa shape index (κ2) is 7.13. The molecule has 0 aliphatic carbocycles. The van der Waals surface area contributed by atoms with Crippen molar-refractivity contribution in [1.82, 2.24) is 4.90 Å². The molecule has 2 N–H and O–H groups in total. The summed E-state index contributed by atoms with van der Waals surface area (Å²) in [6.45, 7) is 7.25. The fourth-order valence-corrected chi connectivity index (χ4v) is 3.51. The number of rotatable bonds is 3. The summed E-state index contributed by atoms with van der Waals surface area (Å²) in [6.07, 6.45) is -0.633. The number of β-amino-alcohol motifs (C(OH)–C–C–N with tert-alkyl or cyclic N) is 1. The summed E-state index contributed by atoms with van der Waals surface area (Å²) in [5, 5.41) is 13.1. The van der Waals surface area contributed by atoms with Gasteiger partial charge in [-0.1, -0.05) is 20.8 Å². The van der Waals surface area contributed by atoms with Gasteiger partial charge in [0.1, 0.15) is 11.0 Å². The summed E-state index contributed by atoms with van der Waals surface area (Å²) in [6, 6.07) is 0.864. The number of likely N-dealkylation sites (tertiary alicyclic amines) is 1. The molecule has 2 rings (SSSR count). The van der Waals surface area contributed by atoms with Crippen molar-refractivity contribution >= 4 is 34.1 Å². The molecule has 1 aliphatic heterocycles. The number of amides is 2. The molecule has 2 atom stereocenters. The van der Waals surface area contributed by atoms with Crippen LogP contribution in [0, 0.1) is 12.3 Å². The first kappa shape index (κ1) is 19.4. The zero-order valence-corrected chi connectivity index (χ0v) is 15.9. The molecule has 8 heteroatoms. The number of methoxy groups -OCH3 is 1. The Labute approximate surface area is 151 Å². The largest absolute Gasteiger partial charge is 0.467 e. The summed E-state index contributed by atoms with van der Waals surface area (Å²) >= 11 is 1.30. The van der Waals surface area contributed by atoms with Gasteiger partial charge in [-0.3, -0.25) is 9.59 Å². The summed E-state index contributed by atoms with van der Waals surface area (Å²) in [7, 11) is 1.25. The Kier molecular flexibility index (Phi) is 5.53. The number of nitrogens with one attached hydrogen (secondary N) is 1. The van der Waals surface area contributed by atoms with Crippen molar-refractivity contribution in [2.24, 2.45) is 5.41 Å². The topological polar surface area (TPSA) is 95.9 Å². The number of esters is 1. The Bertz CT molecular complexity index is 692. The maximum absolute atomic E-state index is 13.0. The SMILES string of the molecule is COC(=O)[C@@H]1C[C@@H](O)CN1C(=O)c1cc(C)sc1NC(=O)C(C)(C)C. The predicted octanol–water partition coefficient (Wildman–Crippen LogP) is 1.79. The van der Waals surface area contributed by atoms with E-state index in [0.717, 1.165) is 4.88 Å². The van der Waals surface area contributed by atoms with Gasteiger partial charge >= 0.3 is 5.97 Å². The number of carbonyl (C=O) groups excluding carboxylic acids is 3. The Morgan fingerprint density at radius 2 is 2.00 bits per heavy atom. The number of thiophene rings is 1. The fourth-order valence-electron chi connectivity index (χ4n) is 2.61. The van der Waals surface area contributed by atoms with E-state index in [9.17, 15) is 19.5 Å². The average Bonchev–Trinajstić information content (AvgIpc) is 3.07. The van der Waals surface area contributed by atoms with E-state index in [1.807, 2.05) is 6.92 Å². The second-order valence-corrected chi connectivity index (χ2v) is 8.45. The molecule has 0 spiro atoms. The molecule has 2 amide bonds. The van der Waals surface area contributed by atoms with Gasteiger partial charge in [-0.05, 0) is 13.0 Å². The molecule has 7 nitrogen and oxygen atoms in total. The van der Waals surface area contributed by atoms with E-state index in [1.165, 1.54) is 23.3 Å². The summed E-state index contributed by atoms with van der Waals surface area (Å²) in [5.74, 6) is -1.16. The van der Waals surface area contributed by atoms with Crippen LogP contribution in [0.25, 0.3) is 0 Å². The quantitative estimate of drug-likeness (QED) is 0.793. The van der Waals surface area contributed by atoms with Crippen molar-refractivity contribution in [3.8, 4) is 0 Å². The summed E-state index contributed by atoms with van der Waals surface area (Å²) in [4.78, 5) is 39.3. The Morgan fingerprint density at radius 3 is 2.56 bits per heavy atom. The summed E-state index contributed by atoms with van der Waals surface area (Å²) < 4.78 is 4.73. The highest BCUT2D eigenvalue weighted by molar-refractivity contribution is 7.16. The van der Waals surface area contributed by atoms with Crippen LogP contribution in [-0.2, 0) is 14.3 Å². The number of carbonyl (C=O) groups is 3. The third-order valence-electron chi connectivity index (χ3n) is 4.01. The summed E-state index contributed by atoms with van der Waals surface area (Å²) in [5.41, 5.74) is -0.278. The minimum absolute atomic E-state index is 0.0557. The van der Waals surface area contributed by atoms with Crippen LogP contribution in [0.15, 0.2) is 6.07 Å². The highest BCUT2D eigenvalue weighted by Gasteiger charge is 2.41. The number of ether oxygens (including phenoxy) is 1. The van der Waals surface area contributed by atoms with Crippen molar-refractivity contribution in [1.29, 1.82) is 0 Å². The van der Waals surface area contributed by atoms with Gasteiger partial charge in [0.05, 0.1) is 18.8 Å². The number of anilines is 1. The number of aryl methyl sites for hydroxylation is 1. The van der Waals surface area contributed by atoms with Crippen LogP contribution in [0.3, 0.4) is 0 Å². The van der Waals surface area contributed by atoms with Crippen LogP contribution < -0.4 is 5.32 Å². The van der Waals surface area contributed by atoms with Crippen LogP contribution in [0.1, 0.15) is 42.4 Å². The molecule has 0 bridgehead atoms. The molecule has 25 heavy (non-hydrogen) atoms. The lowest BCUT2D eigenvalue weighted by Gasteiger charge is -2.23. The highest BCUT2D eigenvalue weighted by Crippen LogP contribution is 2.32. The zero-order valence-electron chi connectivity index (χ0n) is 15.1. The molecule has 0 saturated carbocycles. The lowest BCUT2D eigenvalue weighted by molar-refractivity contribution is -0.145. The lowest BCUT2D eigenvalue weighted by atomic mass is 9.96. The molecule has 138 valence electrons. The van der Waals surface area contributed by atoms with E-state index in [1.54, 1.807) is 26.8 Å². The normalized spacial score (nSPS) is 20.5. The van der Waals surface area contributed by atoms with Gasteiger partial charge in [0.25, 0.3) is 5.91 Å². The number of aliphatic hydroxyl groups is 1. The van der Waals surface area contributed by atoms with Crippen LogP contribution in [0.2, 0.25) is 0 Å². The van der Waals surface area contributed by atoms with Crippen LogP contribution in [0.5, 0.6) is 0 Å². The van der Waals surface area contributed by atoms with Crippen LogP contribution in [-0.4, -0.2) is 53.6 Å². The molecular weight excluding hydrogens is 344 g/mol. The van der Waals surface area contributed by atoms with Gasteiger partial charge in [-0.15, -0.1) is 11.3 Å². The third-order valence-corrected chi connectivity index (χ3v) is 4.97. The van der Waals surface area contributed by atoms with Gasteiger partial charge in [-0.25, -0.2) is 4.79 Å². The number of hydrogen-bond acceptors (Lipinski definition) is 6. The van der Waals surface area contributed by atoms with Crippen molar-refractivity contribution in [3.05, 3.63) is 16.5 Å². The first-order valence-corrected chi connectivity index (χ1v) is 8.85. The smallest absolute Gasteiger partial charge is 0.328 e. The fraction of sp³-hybridized carbons (Fsp3) is 0.588. The maximum atomic E-state index is 13.0. The number of nitrogens with zero attached hydrogens (tertiary/aromatic N) is 1. The monoisotopic (exact) mass is 368 g/mol. The first-order valence-electron chi connectivity index (χ1n) is 8.03. The lowest BCUT2D eigenvalue weighted by Crippen LogP contribution is -2.41. The van der Waals surface area contributed by atoms with Crippen molar-refractivity contribution in [2.45, 2.75) is 46.3 Å². The second-order valence-electron chi connectivity index (χ2n) is 7.19. The molecule has 1 saturated heterocycles. The van der Waals surface area contributed by atoms with E-state index < -0.39 is 29.4 Å². The molecule has 1 aromatic heterocycles. The van der Waals surface area contributed by atoms with E-state index in [0.29, 0.717) is 10.6 Å². The first-order chi connectivity index (χ1) is 11.5. The minimum atomic E-state index is -0.820. The Hall–Kier alpha value is -1.93. The van der Waals surface area contributed by atoms with Gasteiger partial charge in [0.15, 0.2) is 0 Å². The Balaban J connectivity index is 2.30. The van der Waals surface area contributed by atoms with Gasteiger partial charge in [0.2, 0.25) is 5.91 Å². The molecule has 1 fully saturated rings. The number of hydrogen-bond donors (Lipinski definition) is 2. The predicted molar refractivity (Wildman–Crippen MR) is 94.6 cm³/mol. The van der Waals surface area contributed by atoms with Gasteiger partial charge in [-0.2, -0.15) is 0 Å². The van der Waals surface area contributed by atoms with Crippen LogP contribution in [0.4, 0.5) is 5.00 Å². The zero-order chi connectivity index (χ0) is 18.9. The third kappa shape index (κ3) is 4.19. The van der Waals surface area contributed by atoms with Crippen molar-refractivity contribution in [3.63, 3.8) is 0 Å². The van der Waals surface area contributed by atoms with E-state index in [-0.39, 0.29) is 18.9 Å². The standard InChI is InChI=1S/C17H24N2O5S/c1-9-6-11(13(25-9)18-16(23)17(2,3)4)14(21)19-8-10(20)7-12(19)15(22)24-5/h6,10,12,20H,7-8H2,1-5H3,(H,18,23)/t10-,12+/m1/s1. The molecule has 1 aliphatic rings. The van der Waals surface area contributed by atoms with E-state index in [2.05, 4.69) is 5.32 Å². The highest BCUT2D eigenvalue weighted by atomic mass is 32.1. The average molecular weight is 368 g/mol. The van der Waals surface area contributed by atoms with Gasteiger partial charge in [0, 0.05) is 23.3 Å². The molecule has 0 unspecified atom stereocenters. The molecule has 0 radical (unpaired) electrons. The number of aliphatic hydroxyl groups excluding tert-OH is 1. The van der Waals surface area contributed by atoms with Crippen molar-refractivity contribution in [2.75, 3.05) is 19.0 Å². The molecule has 1 aromatic rings. The minimum Gasteiger partial charge on any atom is -0.467 e. The van der Waals surface area contributed by atoms with Crippen LogP contribution >= 0.6 is 11.3 Å². The Morgan fingerprint density at radius 1 is 1.36 bits per heavy atom. The van der Waals surface area contributed by atoms with E-state index >= 15 is 0 Å².